The van der Waals surface area contributed by atoms with Crippen LogP contribution in [0.3, 0.4) is 0 Å². The molecule has 2 N–H and O–H groups in total. The second-order valence-electron chi connectivity index (χ2n) is 11.0. The minimum atomic E-state index is -0.530. The Hall–Kier alpha value is -1.44. The number of Topliss-reactive ketones (excluding diaryl/α,β-unsaturated/α-hetero) is 1. The molecule has 4 aliphatic rings. The van der Waals surface area contributed by atoms with Crippen molar-refractivity contribution in [1.82, 2.24) is 10.6 Å². The lowest BCUT2D eigenvalue weighted by molar-refractivity contribution is -0.213. The third kappa shape index (κ3) is 2.59. The second-order valence-corrected chi connectivity index (χ2v) is 11.8. The number of nitrogens with one attached hydrogen (secondary N) is 2. The van der Waals surface area contributed by atoms with Gasteiger partial charge in [0.1, 0.15) is 11.4 Å². The number of ether oxygens (including phenoxy) is 2. The number of rotatable bonds is 2. The van der Waals surface area contributed by atoms with E-state index in [0.29, 0.717) is 17.9 Å². The van der Waals surface area contributed by atoms with Crippen molar-refractivity contribution in [2.45, 2.75) is 71.2 Å². The van der Waals surface area contributed by atoms with Crippen LogP contribution in [0.5, 0.6) is 5.75 Å². The fourth-order valence-electron chi connectivity index (χ4n) is 7.32. The van der Waals surface area contributed by atoms with E-state index < -0.39 is 17.2 Å². The van der Waals surface area contributed by atoms with Crippen molar-refractivity contribution in [2.75, 3.05) is 14.2 Å². The number of hydrogen-bond donors (Lipinski definition) is 2. The predicted octanol–water partition coefficient (Wildman–Crippen LogP) is 4.15. The lowest BCUT2D eigenvalue weighted by atomic mass is 9.43. The highest BCUT2D eigenvalue weighted by Gasteiger charge is 2.69. The number of amides is 1. The van der Waals surface area contributed by atoms with E-state index in [1.54, 1.807) is 7.11 Å². The number of halogens is 1. The molecule has 1 spiro atoms. The van der Waals surface area contributed by atoms with Gasteiger partial charge in [-0.15, -0.1) is 0 Å². The fraction of sp³-hybridized carbons (Fsp3) is 0.680. The Morgan fingerprint density at radius 1 is 1.25 bits per heavy atom. The van der Waals surface area contributed by atoms with Crippen LogP contribution in [0.4, 0.5) is 0 Å². The first-order chi connectivity index (χ1) is 15.0. The van der Waals surface area contributed by atoms with Gasteiger partial charge in [-0.2, -0.15) is 0 Å². The molecule has 5 rings (SSSR count). The Labute approximate surface area is 198 Å². The summed E-state index contributed by atoms with van der Waals surface area (Å²) in [5.74, 6) is 1.42. The molecular weight excluding hydrogens is 472 g/mol. The first kappa shape index (κ1) is 22.4. The molecule has 6 atom stereocenters. The van der Waals surface area contributed by atoms with Gasteiger partial charge in [-0.3, -0.25) is 9.59 Å². The van der Waals surface area contributed by atoms with Crippen molar-refractivity contribution in [1.29, 1.82) is 0 Å². The quantitative estimate of drug-likeness (QED) is 0.632. The molecule has 2 fully saturated rings. The molecule has 6 nitrogen and oxygen atoms in total. The van der Waals surface area contributed by atoms with E-state index in [1.807, 2.05) is 13.1 Å². The van der Waals surface area contributed by atoms with Crippen molar-refractivity contribution in [3.63, 3.8) is 0 Å². The van der Waals surface area contributed by atoms with Crippen molar-refractivity contribution < 1.29 is 19.1 Å². The van der Waals surface area contributed by atoms with Gasteiger partial charge in [0.15, 0.2) is 12.0 Å². The van der Waals surface area contributed by atoms with Crippen molar-refractivity contribution in [2.24, 2.45) is 22.7 Å². The average molecular weight is 505 g/mol. The summed E-state index contributed by atoms with van der Waals surface area (Å²) in [7, 11) is 3.47. The van der Waals surface area contributed by atoms with Gasteiger partial charge in [0.2, 0.25) is 0 Å². The standard InChI is InChI=1S/C25H33BrN2O4/c1-12-7-8-17-23(2,3)20(29)16(27-5)11-25(17)24(12,4)10-14-15(26)9-13-18(19(14)32-25)22(31-6)28-21(13)30/h9,12,16-17,22,27H,7-8,10-11H2,1-6H3,(H,28,30)/t12-,16?,17-,22?,24+,25-/m0/s1. The molecule has 32 heavy (non-hydrogen) atoms. The lowest BCUT2D eigenvalue weighted by Gasteiger charge is -2.66. The highest BCUT2D eigenvalue weighted by molar-refractivity contribution is 9.10. The Kier molecular flexibility index (Phi) is 4.91. The van der Waals surface area contributed by atoms with Crippen LogP contribution in [0, 0.1) is 22.7 Å². The SMILES string of the molecule is CNC1C[C@@]23Oc4c(c(Br)cc5c4C(OC)NC5=O)C[C@]2(C)[C@@H](C)CC[C@H]3C(C)(C)C1=O. The summed E-state index contributed by atoms with van der Waals surface area (Å²) in [6.07, 6.45) is 2.97. The zero-order chi connectivity index (χ0) is 23.2. The van der Waals surface area contributed by atoms with Crippen molar-refractivity contribution in [3.05, 3.63) is 27.2 Å². The van der Waals surface area contributed by atoms with Gasteiger partial charge < -0.3 is 20.1 Å². The first-order valence-corrected chi connectivity index (χ1v) is 12.4. The van der Waals surface area contributed by atoms with Crippen LogP contribution < -0.4 is 15.4 Å². The Bertz CT molecular complexity index is 1020. The monoisotopic (exact) mass is 504 g/mol. The maximum absolute atomic E-state index is 13.4. The second kappa shape index (κ2) is 7.03. The van der Waals surface area contributed by atoms with Gasteiger partial charge >= 0.3 is 0 Å². The molecule has 2 unspecified atom stereocenters. The number of carbonyl (C=O) groups is 2. The summed E-state index contributed by atoms with van der Waals surface area (Å²) in [5.41, 5.74) is 1.32. The normalized spacial score (nSPS) is 39.3. The number of likely N-dealkylation sites (N-methyl/N-ethyl adjacent to an activating group) is 1. The number of methoxy groups -OCH3 is 1. The molecule has 0 saturated heterocycles. The molecule has 2 aliphatic heterocycles. The van der Waals surface area contributed by atoms with Gasteiger partial charge in [-0.05, 0) is 38.3 Å². The lowest BCUT2D eigenvalue weighted by Crippen LogP contribution is -2.73. The summed E-state index contributed by atoms with van der Waals surface area (Å²) < 4.78 is 13.8. The third-order valence-corrected chi connectivity index (χ3v) is 10.1. The molecule has 2 heterocycles. The maximum Gasteiger partial charge on any atom is 0.254 e. The number of hydrogen-bond acceptors (Lipinski definition) is 5. The molecule has 2 aliphatic carbocycles. The van der Waals surface area contributed by atoms with E-state index in [9.17, 15) is 9.59 Å². The minimum absolute atomic E-state index is 0.0992. The predicted molar refractivity (Wildman–Crippen MR) is 125 cm³/mol. The van der Waals surface area contributed by atoms with Crippen LogP contribution in [-0.2, 0) is 16.0 Å². The van der Waals surface area contributed by atoms with Gasteiger partial charge in [0.25, 0.3) is 5.91 Å². The van der Waals surface area contributed by atoms with Gasteiger partial charge in [-0.25, -0.2) is 0 Å². The molecule has 0 aromatic heterocycles. The van der Waals surface area contributed by atoms with Crippen LogP contribution in [0.25, 0.3) is 0 Å². The van der Waals surface area contributed by atoms with Crippen LogP contribution in [-0.4, -0.2) is 37.5 Å². The molecule has 1 amide bonds. The smallest absolute Gasteiger partial charge is 0.254 e. The third-order valence-electron chi connectivity index (χ3n) is 9.39. The van der Waals surface area contributed by atoms with E-state index in [-0.39, 0.29) is 29.1 Å². The fourth-order valence-corrected chi connectivity index (χ4v) is 7.86. The van der Waals surface area contributed by atoms with Gasteiger partial charge in [0, 0.05) is 40.3 Å². The average Bonchev–Trinajstić information content (AvgIpc) is 3.06. The maximum atomic E-state index is 13.4. The van der Waals surface area contributed by atoms with Crippen molar-refractivity contribution >= 4 is 27.6 Å². The number of fused-ring (bicyclic) bond motifs is 3. The zero-order valence-electron chi connectivity index (χ0n) is 19.7. The Balaban J connectivity index is 1.77. The largest absolute Gasteiger partial charge is 0.485 e. The van der Waals surface area contributed by atoms with Gasteiger partial charge in [-0.1, -0.05) is 43.6 Å². The summed E-state index contributed by atoms with van der Waals surface area (Å²) in [5, 5.41) is 6.21. The van der Waals surface area contributed by atoms with Crippen LogP contribution >= 0.6 is 15.9 Å². The van der Waals surface area contributed by atoms with Crippen molar-refractivity contribution in [3.8, 4) is 5.75 Å². The molecule has 174 valence electrons. The summed E-state index contributed by atoms with van der Waals surface area (Å²) in [6.45, 7) is 8.86. The highest BCUT2D eigenvalue weighted by Crippen LogP contribution is 2.66. The Morgan fingerprint density at radius 3 is 2.62 bits per heavy atom. The Morgan fingerprint density at radius 2 is 1.97 bits per heavy atom. The van der Waals surface area contributed by atoms with E-state index in [4.69, 9.17) is 9.47 Å². The van der Waals surface area contributed by atoms with Crippen LogP contribution in [0.1, 0.15) is 74.7 Å². The summed E-state index contributed by atoms with van der Waals surface area (Å²) >= 11 is 3.74. The molecule has 7 heteroatoms. The van der Waals surface area contributed by atoms with Crippen LogP contribution in [0.2, 0.25) is 0 Å². The first-order valence-electron chi connectivity index (χ1n) is 11.6. The molecule has 0 radical (unpaired) electrons. The van der Waals surface area contributed by atoms with E-state index in [1.165, 1.54) is 0 Å². The molecule has 0 bridgehead atoms. The van der Waals surface area contributed by atoms with Crippen LogP contribution in [0.15, 0.2) is 10.5 Å². The van der Waals surface area contributed by atoms with E-state index >= 15 is 0 Å². The zero-order valence-corrected chi connectivity index (χ0v) is 21.3. The number of ketones is 1. The van der Waals surface area contributed by atoms with Gasteiger partial charge in [0.05, 0.1) is 17.2 Å². The highest BCUT2D eigenvalue weighted by atomic mass is 79.9. The molecular formula is C25H33BrN2O4. The number of carbonyl (C=O) groups excluding carboxylic acids is 2. The summed E-state index contributed by atoms with van der Waals surface area (Å²) in [4.78, 5) is 26.1. The molecule has 1 aromatic rings. The molecule has 1 aromatic carbocycles. The minimum Gasteiger partial charge on any atom is -0.485 e. The molecule has 2 saturated carbocycles. The van der Waals surface area contributed by atoms with E-state index in [2.05, 4.69) is 54.3 Å². The summed E-state index contributed by atoms with van der Waals surface area (Å²) in [6, 6.07) is 1.65. The number of benzene rings is 1. The topological polar surface area (TPSA) is 76.7 Å². The van der Waals surface area contributed by atoms with E-state index in [0.717, 1.165) is 40.6 Å².